The second kappa shape index (κ2) is 14.3. The Morgan fingerprint density at radius 1 is 0.316 bits per heavy atom. The molecule has 2 heterocycles. The van der Waals surface area contributed by atoms with Crippen LogP contribution in [0.4, 0.5) is 0 Å². The van der Waals surface area contributed by atoms with Crippen molar-refractivity contribution in [1.82, 2.24) is 9.97 Å². The zero-order chi connectivity index (χ0) is 38.3. The normalized spacial score (nSPS) is 12.5. The standard InChI is InChI=1S/C54H40N2Si/c1-57(2)50-22-10-9-21-49(50)51-52(44-33-31-42(32-34-44)41-25-23-39(24-26-41)37-13-5-3-6-14-37)55-53(56-54(51)57)48-20-12-19-47(36-48)46-18-11-17-45(35-46)43-29-27-40(28-30-43)38-15-7-4-8-16-38/h3-36H,1-2H3. The third-order valence-electron chi connectivity index (χ3n) is 11.5. The summed E-state index contributed by atoms with van der Waals surface area (Å²) in [6, 6.07) is 74.1. The molecule has 0 N–H and O–H groups in total. The third kappa shape index (κ3) is 6.42. The minimum absolute atomic E-state index is 0.771. The zero-order valence-corrected chi connectivity index (χ0v) is 33.0. The van der Waals surface area contributed by atoms with Crippen molar-refractivity contribution in [2.75, 3.05) is 0 Å². The molecule has 9 aromatic rings. The average molecular weight is 745 g/mol. The molecule has 270 valence electrons. The fraction of sp³-hybridized carbons (Fsp3) is 0.0370. The van der Waals surface area contributed by atoms with Gasteiger partial charge in [0.2, 0.25) is 0 Å². The molecule has 57 heavy (non-hydrogen) atoms. The highest BCUT2D eigenvalue weighted by atomic mass is 28.3. The van der Waals surface area contributed by atoms with E-state index in [2.05, 4.69) is 219 Å². The SMILES string of the molecule is C[Si]1(C)c2ccccc2-c2c(-c3ccc(-c4ccc(-c5ccccc5)cc4)cc3)nc(-c3cccc(-c4cccc(-c5ccc(-c6ccccc6)cc5)c4)c3)nc21. The molecule has 10 rings (SSSR count). The maximum atomic E-state index is 5.46. The van der Waals surface area contributed by atoms with E-state index in [4.69, 9.17) is 9.97 Å². The minimum atomic E-state index is -2.11. The van der Waals surface area contributed by atoms with E-state index < -0.39 is 8.07 Å². The van der Waals surface area contributed by atoms with Gasteiger partial charge in [-0.3, -0.25) is 0 Å². The second-order valence-electron chi connectivity index (χ2n) is 15.4. The van der Waals surface area contributed by atoms with E-state index in [1.165, 1.54) is 66.1 Å². The summed E-state index contributed by atoms with van der Waals surface area (Å²) in [5, 5.41) is 2.63. The van der Waals surface area contributed by atoms with Crippen LogP contribution in [0, 0.1) is 0 Å². The molecule has 0 atom stereocenters. The molecule has 0 bridgehead atoms. The molecule has 2 nitrogen and oxygen atoms in total. The number of fused-ring (bicyclic) bond motifs is 3. The van der Waals surface area contributed by atoms with Gasteiger partial charge in [-0.1, -0.05) is 207 Å². The van der Waals surface area contributed by atoms with E-state index in [0.717, 1.165) is 33.8 Å². The Hall–Kier alpha value is -6.94. The van der Waals surface area contributed by atoms with Gasteiger partial charge in [-0.25, -0.2) is 9.97 Å². The first-order valence-electron chi connectivity index (χ1n) is 19.6. The lowest BCUT2D eigenvalue weighted by Crippen LogP contribution is -2.50. The number of hydrogen-bond acceptors (Lipinski definition) is 2. The Balaban J connectivity index is 1.01. The highest BCUT2D eigenvalue weighted by molar-refractivity contribution is 7.03. The summed E-state index contributed by atoms with van der Waals surface area (Å²) in [6.45, 7) is 4.85. The lowest BCUT2D eigenvalue weighted by atomic mass is 9.96. The van der Waals surface area contributed by atoms with Gasteiger partial charge in [-0.2, -0.15) is 0 Å². The Morgan fingerprint density at radius 3 is 1.21 bits per heavy atom. The van der Waals surface area contributed by atoms with Crippen LogP contribution in [-0.2, 0) is 0 Å². The predicted octanol–water partition coefficient (Wildman–Crippen LogP) is 12.9. The molecule has 0 saturated carbocycles. The third-order valence-corrected chi connectivity index (χ3v) is 14.8. The molecule has 0 amide bonds. The molecule has 1 aromatic heterocycles. The Kier molecular flexibility index (Phi) is 8.66. The van der Waals surface area contributed by atoms with Crippen LogP contribution in [0.1, 0.15) is 0 Å². The number of aromatic nitrogens is 2. The molecule has 3 heteroatoms. The molecular weight excluding hydrogens is 705 g/mol. The van der Waals surface area contributed by atoms with Gasteiger partial charge in [0.1, 0.15) is 8.07 Å². The van der Waals surface area contributed by atoms with Crippen molar-refractivity contribution in [2.45, 2.75) is 13.1 Å². The van der Waals surface area contributed by atoms with Crippen LogP contribution in [0.5, 0.6) is 0 Å². The van der Waals surface area contributed by atoms with Crippen LogP contribution in [0.25, 0.3) is 89.4 Å². The van der Waals surface area contributed by atoms with E-state index in [-0.39, 0.29) is 0 Å². The highest BCUT2D eigenvalue weighted by Gasteiger charge is 2.41. The van der Waals surface area contributed by atoms with Crippen molar-refractivity contribution >= 4 is 18.6 Å². The quantitative estimate of drug-likeness (QED) is 0.152. The molecule has 0 fully saturated rings. The molecule has 1 aliphatic heterocycles. The molecular formula is C54H40N2Si. The van der Waals surface area contributed by atoms with E-state index in [1.807, 2.05) is 0 Å². The summed E-state index contributed by atoms with van der Waals surface area (Å²) in [6.07, 6.45) is 0. The van der Waals surface area contributed by atoms with Crippen LogP contribution in [-0.4, -0.2) is 18.0 Å². The van der Waals surface area contributed by atoms with Crippen molar-refractivity contribution in [2.24, 2.45) is 0 Å². The molecule has 0 saturated heterocycles. The van der Waals surface area contributed by atoms with Crippen molar-refractivity contribution in [3.8, 4) is 89.4 Å². The summed E-state index contributed by atoms with van der Waals surface area (Å²) in [5.41, 5.74) is 17.5. The largest absolute Gasteiger partial charge is 0.237 e. The Labute approximate surface area is 335 Å². The summed E-state index contributed by atoms with van der Waals surface area (Å²) in [5.74, 6) is 0.771. The first-order valence-corrected chi connectivity index (χ1v) is 22.6. The van der Waals surface area contributed by atoms with Crippen molar-refractivity contribution in [1.29, 1.82) is 0 Å². The topological polar surface area (TPSA) is 25.8 Å². The highest BCUT2D eigenvalue weighted by Crippen LogP contribution is 2.38. The summed E-state index contributed by atoms with van der Waals surface area (Å²) in [7, 11) is -2.11. The first-order chi connectivity index (χ1) is 28.0. The van der Waals surface area contributed by atoms with Gasteiger partial charge in [0.05, 0.1) is 5.69 Å². The van der Waals surface area contributed by atoms with Crippen LogP contribution in [0.3, 0.4) is 0 Å². The predicted molar refractivity (Wildman–Crippen MR) is 242 cm³/mol. The van der Waals surface area contributed by atoms with Crippen LogP contribution in [0.2, 0.25) is 13.1 Å². The first kappa shape index (κ1) is 34.5. The number of benzene rings is 8. The van der Waals surface area contributed by atoms with Gasteiger partial charge < -0.3 is 0 Å². The Bertz CT molecular complexity index is 2880. The molecule has 0 aliphatic carbocycles. The Morgan fingerprint density at radius 2 is 0.684 bits per heavy atom. The van der Waals surface area contributed by atoms with Gasteiger partial charge in [-0.15, -0.1) is 0 Å². The summed E-state index contributed by atoms with van der Waals surface area (Å²) >= 11 is 0. The van der Waals surface area contributed by atoms with Crippen LogP contribution < -0.4 is 10.5 Å². The lowest BCUT2D eigenvalue weighted by Gasteiger charge is -2.19. The second-order valence-corrected chi connectivity index (χ2v) is 19.7. The van der Waals surface area contributed by atoms with Crippen molar-refractivity contribution in [3.63, 3.8) is 0 Å². The van der Waals surface area contributed by atoms with Gasteiger partial charge in [-0.05, 0) is 78.5 Å². The molecule has 1 aliphatic rings. The fourth-order valence-corrected chi connectivity index (χ4v) is 11.3. The van der Waals surface area contributed by atoms with E-state index in [0.29, 0.717) is 0 Å². The fourth-order valence-electron chi connectivity index (χ4n) is 8.39. The van der Waals surface area contributed by atoms with Crippen molar-refractivity contribution in [3.05, 3.63) is 206 Å². The zero-order valence-electron chi connectivity index (χ0n) is 32.0. The lowest BCUT2D eigenvalue weighted by molar-refractivity contribution is 1.21. The van der Waals surface area contributed by atoms with E-state index in [9.17, 15) is 0 Å². The van der Waals surface area contributed by atoms with Gasteiger partial charge in [0.15, 0.2) is 5.82 Å². The van der Waals surface area contributed by atoms with E-state index in [1.54, 1.807) is 0 Å². The molecule has 8 aromatic carbocycles. The monoisotopic (exact) mass is 744 g/mol. The molecule has 0 unspecified atom stereocenters. The minimum Gasteiger partial charge on any atom is -0.237 e. The number of nitrogens with zero attached hydrogens (tertiary/aromatic N) is 2. The number of hydrogen-bond donors (Lipinski definition) is 0. The average Bonchev–Trinajstić information content (AvgIpc) is 3.52. The van der Waals surface area contributed by atoms with Gasteiger partial charge >= 0.3 is 0 Å². The van der Waals surface area contributed by atoms with Crippen LogP contribution >= 0.6 is 0 Å². The maximum absolute atomic E-state index is 5.46. The maximum Gasteiger partial charge on any atom is 0.159 e. The van der Waals surface area contributed by atoms with Gasteiger partial charge in [0, 0.05) is 22.0 Å². The summed E-state index contributed by atoms with van der Waals surface area (Å²) < 4.78 is 0. The smallest absolute Gasteiger partial charge is 0.159 e. The molecule has 0 radical (unpaired) electrons. The summed E-state index contributed by atoms with van der Waals surface area (Å²) in [4.78, 5) is 10.9. The van der Waals surface area contributed by atoms with E-state index >= 15 is 0 Å². The number of rotatable bonds is 7. The molecule has 0 spiro atoms. The van der Waals surface area contributed by atoms with Crippen molar-refractivity contribution < 1.29 is 0 Å². The van der Waals surface area contributed by atoms with Gasteiger partial charge in [0.25, 0.3) is 0 Å². The van der Waals surface area contributed by atoms with Crippen LogP contribution in [0.15, 0.2) is 206 Å².